The summed E-state index contributed by atoms with van der Waals surface area (Å²) in [6, 6.07) is 0. The largest absolute Gasteiger partial charge is 0.0845 e. The summed E-state index contributed by atoms with van der Waals surface area (Å²) in [6.45, 7) is 0. The highest BCUT2D eigenvalue weighted by Gasteiger charge is 1.90. The van der Waals surface area contributed by atoms with Gasteiger partial charge in [-0.15, -0.1) is 0 Å². The van der Waals surface area contributed by atoms with Gasteiger partial charge in [-0.05, 0) is 25.7 Å². The van der Waals surface area contributed by atoms with Gasteiger partial charge >= 0.3 is 0 Å². The summed E-state index contributed by atoms with van der Waals surface area (Å²) in [5.74, 6) is 0. The highest BCUT2D eigenvalue weighted by Crippen LogP contribution is 2.10. The molecule has 0 nitrogen and oxygen atoms in total. The summed E-state index contributed by atoms with van der Waals surface area (Å²) in [5, 5.41) is 0. The molecule has 0 saturated carbocycles. The summed E-state index contributed by atoms with van der Waals surface area (Å²) in [4.78, 5) is 0. The normalized spacial score (nSPS) is 26.5. The van der Waals surface area contributed by atoms with E-state index in [1.54, 1.807) is 0 Å². The lowest BCUT2D eigenvalue weighted by molar-refractivity contribution is 0.583. The molecule has 0 unspecified atom stereocenters. The fourth-order valence-corrected chi connectivity index (χ4v) is 2.14. The highest BCUT2D eigenvalue weighted by atomic mass is 14.0. The molecular weight excluding hydrogens is 228 g/mol. The Balaban J connectivity index is 2.33. The molecule has 0 aromatic carbocycles. The zero-order chi connectivity index (χ0) is 13.4. The minimum Gasteiger partial charge on any atom is -0.0845 e. The Hall–Kier alpha value is -1.30. The molecule has 0 heterocycles. The van der Waals surface area contributed by atoms with Crippen molar-refractivity contribution in [3.8, 4) is 0 Å². The molecule has 0 radical (unpaired) electrons. The van der Waals surface area contributed by atoms with Crippen molar-refractivity contribution in [3.05, 3.63) is 60.8 Å². The Morgan fingerprint density at radius 2 is 0.632 bits per heavy atom. The zero-order valence-corrected chi connectivity index (χ0v) is 12.1. The Bertz CT molecular complexity index is 294. The molecule has 0 heteroatoms. The summed E-state index contributed by atoms with van der Waals surface area (Å²) >= 11 is 0. The first kappa shape index (κ1) is 15.8. The molecule has 0 aromatic rings. The molecule has 0 aromatic heterocycles. The van der Waals surface area contributed by atoms with Crippen molar-refractivity contribution < 1.29 is 0 Å². The predicted octanol–water partition coefficient (Wildman–Crippen LogP) is 6.29. The van der Waals surface area contributed by atoms with E-state index in [2.05, 4.69) is 60.8 Å². The molecule has 0 aliphatic heterocycles. The van der Waals surface area contributed by atoms with E-state index in [9.17, 15) is 0 Å². The number of hydrogen-bond acceptors (Lipinski definition) is 0. The molecule has 0 saturated heterocycles. The van der Waals surface area contributed by atoms with Crippen LogP contribution in [0.2, 0.25) is 0 Å². The Kier molecular flexibility index (Phi) is 10.9. The number of hydrogen-bond donors (Lipinski definition) is 0. The third kappa shape index (κ3) is 11.5. The molecule has 0 atom stereocenters. The van der Waals surface area contributed by atoms with Crippen molar-refractivity contribution in [1.82, 2.24) is 0 Å². The van der Waals surface area contributed by atoms with Crippen LogP contribution < -0.4 is 0 Å². The third-order valence-corrected chi connectivity index (χ3v) is 3.29. The van der Waals surface area contributed by atoms with Gasteiger partial charge in [0.1, 0.15) is 0 Å². The lowest BCUT2D eigenvalue weighted by atomic mass is 10.1. The Labute approximate surface area is 119 Å². The average molecular weight is 256 g/mol. The summed E-state index contributed by atoms with van der Waals surface area (Å²) in [7, 11) is 0. The first-order chi connectivity index (χ1) is 9.50. The van der Waals surface area contributed by atoms with Crippen molar-refractivity contribution in [3.63, 3.8) is 0 Å². The van der Waals surface area contributed by atoms with Crippen LogP contribution in [-0.4, -0.2) is 0 Å². The van der Waals surface area contributed by atoms with Gasteiger partial charge in [-0.25, -0.2) is 0 Å². The molecule has 0 fully saturated rings. The van der Waals surface area contributed by atoms with E-state index in [-0.39, 0.29) is 0 Å². The van der Waals surface area contributed by atoms with Crippen LogP contribution >= 0.6 is 0 Å². The summed E-state index contributed by atoms with van der Waals surface area (Å²) in [5.41, 5.74) is 0. The smallest absolute Gasteiger partial charge is 0.0348 e. The molecule has 1 aliphatic carbocycles. The van der Waals surface area contributed by atoms with Crippen molar-refractivity contribution in [2.45, 2.75) is 57.8 Å². The monoisotopic (exact) mass is 256 g/mol. The van der Waals surface area contributed by atoms with Crippen molar-refractivity contribution in [2.24, 2.45) is 0 Å². The fourth-order valence-electron chi connectivity index (χ4n) is 2.14. The van der Waals surface area contributed by atoms with Gasteiger partial charge < -0.3 is 0 Å². The number of allylic oxidation sites excluding steroid dienone is 10. The van der Waals surface area contributed by atoms with Crippen LogP contribution in [0.15, 0.2) is 60.8 Å². The minimum absolute atomic E-state index is 1.22. The van der Waals surface area contributed by atoms with E-state index in [1.807, 2.05) is 0 Å². The Morgan fingerprint density at radius 1 is 0.316 bits per heavy atom. The third-order valence-electron chi connectivity index (χ3n) is 3.29. The quantitative estimate of drug-likeness (QED) is 0.477. The van der Waals surface area contributed by atoms with Gasteiger partial charge in [0.15, 0.2) is 0 Å². The van der Waals surface area contributed by atoms with E-state index in [1.165, 1.54) is 57.8 Å². The molecule has 0 N–H and O–H groups in total. The molecule has 19 heavy (non-hydrogen) atoms. The standard InChI is InChI=1S/C19H28/c1-2-4-6-8-10-12-14-16-18-19-17-15-13-11-9-7-5-3-1/h1-10H,11-19H2/b2-1-,5-3-,6-4-,9-7-,10-8?. The van der Waals surface area contributed by atoms with Gasteiger partial charge in [-0.2, -0.15) is 0 Å². The van der Waals surface area contributed by atoms with E-state index < -0.39 is 0 Å². The van der Waals surface area contributed by atoms with Gasteiger partial charge in [0.05, 0.1) is 0 Å². The molecule has 0 amide bonds. The minimum atomic E-state index is 1.22. The molecule has 1 aliphatic rings. The fraction of sp³-hybridized carbons (Fsp3) is 0.474. The van der Waals surface area contributed by atoms with Gasteiger partial charge in [0.25, 0.3) is 0 Å². The van der Waals surface area contributed by atoms with Gasteiger partial charge in [0.2, 0.25) is 0 Å². The topological polar surface area (TPSA) is 0 Å². The van der Waals surface area contributed by atoms with E-state index >= 15 is 0 Å². The SMILES string of the molecule is C1=CCCCCCCCCC\C=C/C=C\C=C/C=C\1. The van der Waals surface area contributed by atoms with Crippen LogP contribution in [0.4, 0.5) is 0 Å². The van der Waals surface area contributed by atoms with Crippen LogP contribution in [0, 0.1) is 0 Å². The lowest BCUT2D eigenvalue weighted by Crippen LogP contribution is -1.80. The van der Waals surface area contributed by atoms with Crippen LogP contribution in [0.3, 0.4) is 0 Å². The van der Waals surface area contributed by atoms with E-state index in [0.29, 0.717) is 0 Å². The maximum Gasteiger partial charge on any atom is -0.0348 e. The average Bonchev–Trinajstić information content (AvgIpc) is 2.43. The maximum absolute atomic E-state index is 2.27. The van der Waals surface area contributed by atoms with Crippen molar-refractivity contribution >= 4 is 0 Å². The maximum atomic E-state index is 2.27. The van der Waals surface area contributed by atoms with Crippen molar-refractivity contribution in [2.75, 3.05) is 0 Å². The molecule has 0 spiro atoms. The second kappa shape index (κ2) is 13.1. The first-order valence-electron chi connectivity index (χ1n) is 7.82. The second-order valence-corrected chi connectivity index (χ2v) is 5.06. The predicted molar refractivity (Wildman–Crippen MR) is 87.3 cm³/mol. The molecule has 104 valence electrons. The first-order valence-corrected chi connectivity index (χ1v) is 7.82. The lowest BCUT2D eigenvalue weighted by Gasteiger charge is -1.99. The summed E-state index contributed by atoms with van der Waals surface area (Å²) in [6.07, 6.45) is 33.5. The molecular formula is C19H28. The van der Waals surface area contributed by atoms with Gasteiger partial charge in [-0.3, -0.25) is 0 Å². The van der Waals surface area contributed by atoms with Crippen LogP contribution in [-0.2, 0) is 0 Å². The van der Waals surface area contributed by atoms with Gasteiger partial charge in [-0.1, -0.05) is 92.9 Å². The highest BCUT2D eigenvalue weighted by molar-refractivity contribution is 5.17. The molecule has 0 bridgehead atoms. The van der Waals surface area contributed by atoms with Crippen LogP contribution in [0.25, 0.3) is 0 Å². The Morgan fingerprint density at radius 3 is 1.05 bits per heavy atom. The van der Waals surface area contributed by atoms with Gasteiger partial charge in [0, 0.05) is 0 Å². The van der Waals surface area contributed by atoms with Crippen molar-refractivity contribution in [1.29, 1.82) is 0 Å². The van der Waals surface area contributed by atoms with E-state index in [4.69, 9.17) is 0 Å². The number of rotatable bonds is 0. The second-order valence-electron chi connectivity index (χ2n) is 5.06. The van der Waals surface area contributed by atoms with Crippen LogP contribution in [0.5, 0.6) is 0 Å². The zero-order valence-electron chi connectivity index (χ0n) is 12.1. The molecule has 1 rings (SSSR count). The summed E-state index contributed by atoms with van der Waals surface area (Å²) < 4.78 is 0. The van der Waals surface area contributed by atoms with Crippen LogP contribution in [0.1, 0.15) is 57.8 Å². The van der Waals surface area contributed by atoms with E-state index in [0.717, 1.165) is 0 Å².